The van der Waals surface area contributed by atoms with Gasteiger partial charge in [0.15, 0.2) is 0 Å². The molecule has 3 nitrogen and oxygen atoms in total. The van der Waals surface area contributed by atoms with Crippen molar-refractivity contribution in [1.29, 1.82) is 0 Å². The lowest BCUT2D eigenvalue weighted by atomic mass is 9.91. The Balaban J connectivity index is 2.14. The molecule has 0 amide bonds. The van der Waals surface area contributed by atoms with Gasteiger partial charge in [0.2, 0.25) is 0 Å². The molecule has 14 heavy (non-hydrogen) atoms. The molecule has 0 radical (unpaired) electrons. The third kappa shape index (κ3) is 3.95. The number of aliphatic hydroxyl groups excluding tert-OH is 1. The lowest BCUT2D eigenvalue weighted by Gasteiger charge is -2.37. The molecule has 0 unspecified atom stereocenters. The van der Waals surface area contributed by atoms with E-state index in [0.29, 0.717) is 6.61 Å². The molecule has 1 aliphatic rings. The molecule has 0 aromatic rings. The molecule has 0 spiro atoms. The van der Waals surface area contributed by atoms with Crippen LogP contribution in [0.4, 0.5) is 0 Å². The molecule has 0 aromatic heterocycles. The summed E-state index contributed by atoms with van der Waals surface area (Å²) in [5.74, 6) is 0. The van der Waals surface area contributed by atoms with Crippen molar-refractivity contribution < 1.29 is 5.11 Å². The van der Waals surface area contributed by atoms with Gasteiger partial charge in [-0.2, -0.15) is 0 Å². The first-order valence-corrected chi connectivity index (χ1v) is 5.88. The number of aliphatic hydroxyl groups is 1. The fourth-order valence-electron chi connectivity index (χ4n) is 1.96. The molecule has 84 valence electrons. The Hall–Kier alpha value is -0.120. The Bertz CT molecular complexity index is 137. The summed E-state index contributed by atoms with van der Waals surface area (Å²) in [6.07, 6.45) is 6.27. The van der Waals surface area contributed by atoms with E-state index >= 15 is 0 Å². The van der Waals surface area contributed by atoms with Crippen LogP contribution < -0.4 is 5.32 Å². The van der Waals surface area contributed by atoms with Gasteiger partial charge in [0, 0.05) is 19.2 Å². The van der Waals surface area contributed by atoms with E-state index in [1.165, 1.54) is 32.2 Å². The summed E-state index contributed by atoms with van der Waals surface area (Å²) >= 11 is 0. The van der Waals surface area contributed by atoms with Crippen molar-refractivity contribution in [3.63, 3.8) is 0 Å². The van der Waals surface area contributed by atoms with Crippen molar-refractivity contribution in [3.05, 3.63) is 0 Å². The molecule has 0 heterocycles. The van der Waals surface area contributed by atoms with E-state index < -0.39 is 0 Å². The van der Waals surface area contributed by atoms with Gasteiger partial charge in [-0.25, -0.2) is 0 Å². The van der Waals surface area contributed by atoms with Crippen LogP contribution in [0.25, 0.3) is 0 Å². The summed E-state index contributed by atoms with van der Waals surface area (Å²) in [5, 5.41) is 12.0. The van der Waals surface area contributed by atoms with E-state index in [9.17, 15) is 0 Å². The molecule has 1 aliphatic carbocycles. The molecule has 0 bridgehead atoms. The smallest absolute Gasteiger partial charge is 0.0443 e. The lowest BCUT2D eigenvalue weighted by molar-refractivity contribution is 0.115. The first-order chi connectivity index (χ1) is 6.88. The molecule has 0 aliphatic heterocycles. The van der Waals surface area contributed by atoms with Gasteiger partial charge in [-0.15, -0.1) is 0 Å². The van der Waals surface area contributed by atoms with Gasteiger partial charge in [0.05, 0.1) is 0 Å². The average Bonchev–Trinajstić information content (AvgIpc) is 2.11. The fourth-order valence-corrected chi connectivity index (χ4v) is 1.96. The quantitative estimate of drug-likeness (QED) is 0.570. The highest BCUT2D eigenvalue weighted by atomic mass is 16.3. The summed E-state index contributed by atoms with van der Waals surface area (Å²) in [5.41, 5.74) is 0. The number of hydrogen-bond donors (Lipinski definition) is 2. The van der Waals surface area contributed by atoms with Crippen LogP contribution in [0.3, 0.4) is 0 Å². The average molecular weight is 200 g/mol. The molecule has 0 atom stereocenters. The molecule has 0 saturated heterocycles. The maximum absolute atomic E-state index is 8.82. The van der Waals surface area contributed by atoms with Crippen LogP contribution in [-0.4, -0.2) is 49.3 Å². The second kappa shape index (κ2) is 7.21. The Morgan fingerprint density at radius 3 is 2.50 bits per heavy atom. The zero-order valence-electron chi connectivity index (χ0n) is 9.34. The van der Waals surface area contributed by atoms with Crippen LogP contribution >= 0.6 is 0 Å². The van der Waals surface area contributed by atoms with E-state index in [1.54, 1.807) is 0 Å². The van der Waals surface area contributed by atoms with Gasteiger partial charge in [0.1, 0.15) is 0 Å². The van der Waals surface area contributed by atoms with Crippen LogP contribution in [0.2, 0.25) is 0 Å². The zero-order chi connectivity index (χ0) is 10.2. The molecular weight excluding hydrogens is 176 g/mol. The van der Waals surface area contributed by atoms with Crippen molar-refractivity contribution in [2.75, 3.05) is 33.3 Å². The van der Waals surface area contributed by atoms with Crippen molar-refractivity contribution in [2.24, 2.45) is 0 Å². The van der Waals surface area contributed by atoms with Gasteiger partial charge < -0.3 is 15.3 Å². The van der Waals surface area contributed by atoms with Crippen LogP contribution in [0, 0.1) is 0 Å². The number of rotatable bonds is 8. The first kappa shape index (κ1) is 12.0. The number of nitrogens with one attached hydrogen (secondary N) is 1. The van der Waals surface area contributed by atoms with Crippen molar-refractivity contribution in [2.45, 2.75) is 38.1 Å². The largest absolute Gasteiger partial charge is 0.396 e. The standard InChI is InChI=1S/C11H24N2O/c1-12-7-3-8-13(9-4-10-14)11-5-2-6-11/h11-12,14H,2-10H2,1H3. The third-order valence-electron chi connectivity index (χ3n) is 3.07. The molecule has 1 fully saturated rings. The van der Waals surface area contributed by atoms with Gasteiger partial charge in [-0.05, 0) is 45.8 Å². The highest BCUT2D eigenvalue weighted by Gasteiger charge is 2.23. The van der Waals surface area contributed by atoms with E-state index in [2.05, 4.69) is 10.2 Å². The second-order valence-electron chi connectivity index (χ2n) is 4.15. The van der Waals surface area contributed by atoms with E-state index in [1.807, 2.05) is 7.05 Å². The predicted octanol–water partition coefficient (Wildman–Crippen LogP) is 0.833. The molecular formula is C11H24N2O. The van der Waals surface area contributed by atoms with Crippen molar-refractivity contribution >= 4 is 0 Å². The monoisotopic (exact) mass is 200 g/mol. The zero-order valence-corrected chi connectivity index (χ0v) is 9.34. The summed E-state index contributed by atoms with van der Waals surface area (Å²) in [7, 11) is 2.00. The summed E-state index contributed by atoms with van der Waals surface area (Å²) in [6.45, 7) is 3.69. The SMILES string of the molecule is CNCCCN(CCCO)C1CCC1. The van der Waals surface area contributed by atoms with Crippen LogP contribution in [0.15, 0.2) is 0 Å². The van der Waals surface area contributed by atoms with E-state index in [-0.39, 0.29) is 0 Å². The summed E-state index contributed by atoms with van der Waals surface area (Å²) < 4.78 is 0. The number of nitrogens with zero attached hydrogens (tertiary/aromatic N) is 1. The van der Waals surface area contributed by atoms with E-state index in [4.69, 9.17) is 5.11 Å². The summed E-state index contributed by atoms with van der Waals surface area (Å²) in [4.78, 5) is 2.55. The Kier molecular flexibility index (Phi) is 6.15. The number of hydrogen-bond acceptors (Lipinski definition) is 3. The molecule has 2 N–H and O–H groups in total. The van der Waals surface area contributed by atoms with Gasteiger partial charge in [-0.1, -0.05) is 6.42 Å². The van der Waals surface area contributed by atoms with Gasteiger partial charge >= 0.3 is 0 Å². The minimum absolute atomic E-state index is 0.329. The van der Waals surface area contributed by atoms with Crippen molar-refractivity contribution in [3.8, 4) is 0 Å². The maximum atomic E-state index is 8.82. The van der Waals surface area contributed by atoms with Crippen LogP contribution in [-0.2, 0) is 0 Å². The predicted molar refractivity (Wildman–Crippen MR) is 59.5 cm³/mol. The minimum Gasteiger partial charge on any atom is -0.396 e. The van der Waals surface area contributed by atoms with Gasteiger partial charge in [-0.3, -0.25) is 0 Å². The normalized spacial score (nSPS) is 17.4. The highest BCUT2D eigenvalue weighted by Crippen LogP contribution is 2.24. The second-order valence-corrected chi connectivity index (χ2v) is 4.15. The fraction of sp³-hybridized carbons (Fsp3) is 1.00. The lowest BCUT2D eigenvalue weighted by Crippen LogP contribution is -2.42. The minimum atomic E-state index is 0.329. The van der Waals surface area contributed by atoms with E-state index in [0.717, 1.165) is 25.6 Å². The van der Waals surface area contributed by atoms with Gasteiger partial charge in [0.25, 0.3) is 0 Å². The first-order valence-electron chi connectivity index (χ1n) is 5.88. The third-order valence-corrected chi connectivity index (χ3v) is 3.07. The van der Waals surface area contributed by atoms with Crippen LogP contribution in [0.1, 0.15) is 32.1 Å². The maximum Gasteiger partial charge on any atom is 0.0443 e. The van der Waals surface area contributed by atoms with Crippen molar-refractivity contribution in [1.82, 2.24) is 10.2 Å². The molecule has 3 heteroatoms. The molecule has 1 saturated carbocycles. The Labute approximate surface area is 87.5 Å². The topological polar surface area (TPSA) is 35.5 Å². The molecule has 0 aromatic carbocycles. The Morgan fingerprint density at radius 1 is 1.29 bits per heavy atom. The highest BCUT2D eigenvalue weighted by molar-refractivity contribution is 4.79. The van der Waals surface area contributed by atoms with Crippen LogP contribution in [0.5, 0.6) is 0 Å². The Morgan fingerprint density at radius 2 is 2.00 bits per heavy atom. The molecule has 1 rings (SSSR count). The summed E-state index contributed by atoms with van der Waals surface area (Å²) in [6, 6.07) is 0.818.